The lowest BCUT2D eigenvalue weighted by atomic mass is 10.0. The summed E-state index contributed by atoms with van der Waals surface area (Å²) in [5, 5.41) is 2.50. The third-order valence-electron chi connectivity index (χ3n) is 1.77. The van der Waals surface area contributed by atoms with Crippen LogP contribution < -0.4 is 11.1 Å². The zero-order valence-corrected chi connectivity index (χ0v) is 9.16. The molecule has 0 aromatic heterocycles. The van der Waals surface area contributed by atoms with Crippen molar-refractivity contribution in [2.45, 2.75) is 19.9 Å². The average Bonchev–Trinajstić information content (AvgIpc) is 2.21. The zero-order chi connectivity index (χ0) is 11.8. The van der Waals surface area contributed by atoms with Gasteiger partial charge in [0.1, 0.15) is 12.6 Å². The van der Waals surface area contributed by atoms with Gasteiger partial charge in [-0.15, -0.1) is 0 Å². The van der Waals surface area contributed by atoms with Gasteiger partial charge >= 0.3 is 5.97 Å². The molecule has 0 fully saturated rings. The SMILES string of the molecule is C=CCOC(=O)[C@@H](NC(=O)CN)C(C)C. The standard InChI is InChI=1S/C10H18N2O3/c1-4-5-15-10(14)9(7(2)3)12-8(13)6-11/h4,7,9H,1,5-6,11H2,2-3H3,(H,12,13)/t9-/m0/s1. The fourth-order valence-corrected chi connectivity index (χ4v) is 0.961. The highest BCUT2D eigenvalue weighted by atomic mass is 16.5. The van der Waals surface area contributed by atoms with E-state index in [9.17, 15) is 9.59 Å². The van der Waals surface area contributed by atoms with E-state index in [1.165, 1.54) is 6.08 Å². The molecule has 0 aromatic rings. The van der Waals surface area contributed by atoms with Crippen molar-refractivity contribution in [3.05, 3.63) is 12.7 Å². The van der Waals surface area contributed by atoms with Crippen molar-refractivity contribution in [3.63, 3.8) is 0 Å². The molecule has 5 nitrogen and oxygen atoms in total. The maximum Gasteiger partial charge on any atom is 0.329 e. The van der Waals surface area contributed by atoms with Gasteiger partial charge in [0.2, 0.25) is 5.91 Å². The molecule has 0 heterocycles. The zero-order valence-electron chi connectivity index (χ0n) is 9.16. The van der Waals surface area contributed by atoms with Gasteiger partial charge in [-0.1, -0.05) is 26.5 Å². The monoisotopic (exact) mass is 214 g/mol. The largest absolute Gasteiger partial charge is 0.460 e. The minimum absolute atomic E-state index is 0.0437. The van der Waals surface area contributed by atoms with E-state index in [4.69, 9.17) is 10.5 Å². The second-order valence-electron chi connectivity index (χ2n) is 3.41. The van der Waals surface area contributed by atoms with Crippen molar-refractivity contribution in [1.82, 2.24) is 5.32 Å². The topological polar surface area (TPSA) is 81.4 Å². The number of hydrogen-bond donors (Lipinski definition) is 2. The Balaban J connectivity index is 4.31. The molecule has 0 unspecified atom stereocenters. The van der Waals surface area contributed by atoms with E-state index in [2.05, 4.69) is 11.9 Å². The van der Waals surface area contributed by atoms with Gasteiger partial charge < -0.3 is 15.8 Å². The number of ether oxygens (including phenoxy) is 1. The molecule has 15 heavy (non-hydrogen) atoms. The molecule has 0 aliphatic rings. The van der Waals surface area contributed by atoms with Crippen LogP contribution in [0, 0.1) is 5.92 Å². The summed E-state index contributed by atoms with van der Waals surface area (Å²) in [5.41, 5.74) is 5.14. The quantitative estimate of drug-likeness (QED) is 0.474. The van der Waals surface area contributed by atoms with Crippen LogP contribution in [0.5, 0.6) is 0 Å². The molecule has 0 saturated carbocycles. The van der Waals surface area contributed by atoms with Crippen LogP contribution in [0.25, 0.3) is 0 Å². The number of nitrogens with one attached hydrogen (secondary N) is 1. The van der Waals surface area contributed by atoms with E-state index in [1.807, 2.05) is 13.8 Å². The van der Waals surface area contributed by atoms with Crippen LogP contribution in [-0.4, -0.2) is 31.1 Å². The Labute approximate surface area is 89.7 Å². The second-order valence-corrected chi connectivity index (χ2v) is 3.41. The Morgan fingerprint density at radius 3 is 2.53 bits per heavy atom. The highest BCUT2D eigenvalue weighted by Gasteiger charge is 2.24. The van der Waals surface area contributed by atoms with Gasteiger partial charge in [0.25, 0.3) is 0 Å². The molecule has 0 saturated heterocycles. The third-order valence-corrected chi connectivity index (χ3v) is 1.77. The highest BCUT2D eigenvalue weighted by Crippen LogP contribution is 2.03. The van der Waals surface area contributed by atoms with Crippen LogP contribution >= 0.6 is 0 Å². The highest BCUT2D eigenvalue weighted by molar-refractivity contribution is 5.85. The number of amides is 1. The molecular formula is C10H18N2O3. The van der Waals surface area contributed by atoms with Gasteiger partial charge in [0.15, 0.2) is 0 Å². The Bertz CT molecular complexity index is 239. The lowest BCUT2D eigenvalue weighted by Crippen LogP contribution is -2.47. The first-order valence-corrected chi connectivity index (χ1v) is 4.79. The summed E-state index contributed by atoms with van der Waals surface area (Å²) in [6.07, 6.45) is 1.47. The molecule has 1 atom stereocenters. The minimum Gasteiger partial charge on any atom is -0.460 e. The van der Waals surface area contributed by atoms with Gasteiger partial charge in [-0.3, -0.25) is 4.79 Å². The van der Waals surface area contributed by atoms with Crippen LogP contribution in [0.4, 0.5) is 0 Å². The molecule has 0 aliphatic heterocycles. The van der Waals surface area contributed by atoms with Crippen molar-refractivity contribution < 1.29 is 14.3 Å². The molecule has 0 bridgehead atoms. The van der Waals surface area contributed by atoms with E-state index < -0.39 is 12.0 Å². The molecule has 0 spiro atoms. The number of nitrogens with two attached hydrogens (primary N) is 1. The molecule has 5 heteroatoms. The summed E-state index contributed by atoms with van der Waals surface area (Å²) in [6.45, 7) is 7.06. The maximum atomic E-state index is 11.5. The fourth-order valence-electron chi connectivity index (χ4n) is 0.961. The number of carbonyl (C=O) groups is 2. The molecule has 3 N–H and O–H groups in total. The Morgan fingerprint density at radius 1 is 1.53 bits per heavy atom. The first kappa shape index (κ1) is 13.6. The Hall–Kier alpha value is -1.36. The third kappa shape index (κ3) is 5.17. The molecular weight excluding hydrogens is 196 g/mol. The second kappa shape index (κ2) is 7.00. The Morgan fingerprint density at radius 2 is 2.13 bits per heavy atom. The van der Waals surface area contributed by atoms with Crippen molar-refractivity contribution in [2.75, 3.05) is 13.2 Å². The van der Waals surface area contributed by atoms with Gasteiger partial charge in [-0.2, -0.15) is 0 Å². The van der Waals surface area contributed by atoms with Crippen molar-refractivity contribution in [3.8, 4) is 0 Å². The number of hydrogen-bond acceptors (Lipinski definition) is 4. The van der Waals surface area contributed by atoms with Gasteiger partial charge in [0, 0.05) is 0 Å². The molecule has 86 valence electrons. The predicted molar refractivity (Wildman–Crippen MR) is 57.0 cm³/mol. The summed E-state index contributed by atoms with van der Waals surface area (Å²) >= 11 is 0. The van der Waals surface area contributed by atoms with Crippen LogP contribution in [0.3, 0.4) is 0 Å². The summed E-state index contributed by atoms with van der Waals surface area (Å²) in [4.78, 5) is 22.5. The van der Waals surface area contributed by atoms with Crippen LogP contribution in [-0.2, 0) is 14.3 Å². The number of rotatable bonds is 6. The normalized spacial score (nSPS) is 12.0. The predicted octanol–water partition coefficient (Wildman–Crippen LogP) is -0.185. The maximum absolute atomic E-state index is 11.5. The first-order chi connectivity index (χ1) is 7.02. The van der Waals surface area contributed by atoms with Crippen molar-refractivity contribution in [1.29, 1.82) is 0 Å². The van der Waals surface area contributed by atoms with E-state index in [0.717, 1.165) is 0 Å². The van der Waals surface area contributed by atoms with Gasteiger partial charge in [-0.25, -0.2) is 4.79 Å². The average molecular weight is 214 g/mol. The van der Waals surface area contributed by atoms with E-state index >= 15 is 0 Å². The van der Waals surface area contributed by atoms with E-state index in [0.29, 0.717) is 0 Å². The summed E-state index contributed by atoms with van der Waals surface area (Å²) < 4.78 is 4.85. The molecule has 0 radical (unpaired) electrons. The lowest BCUT2D eigenvalue weighted by molar-refractivity contribution is -0.147. The lowest BCUT2D eigenvalue weighted by Gasteiger charge is -2.19. The summed E-state index contributed by atoms with van der Waals surface area (Å²) in [6, 6.07) is -0.652. The number of carbonyl (C=O) groups excluding carboxylic acids is 2. The molecule has 1 amide bonds. The first-order valence-electron chi connectivity index (χ1n) is 4.79. The van der Waals surface area contributed by atoms with E-state index in [-0.39, 0.29) is 25.0 Å². The molecule has 0 aromatic carbocycles. The Kier molecular flexibility index (Phi) is 6.37. The van der Waals surface area contributed by atoms with Gasteiger partial charge in [-0.05, 0) is 5.92 Å². The van der Waals surface area contributed by atoms with Crippen LogP contribution in [0.1, 0.15) is 13.8 Å². The fraction of sp³-hybridized carbons (Fsp3) is 0.600. The van der Waals surface area contributed by atoms with Gasteiger partial charge in [0.05, 0.1) is 6.54 Å². The van der Waals surface area contributed by atoms with Crippen LogP contribution in [0.2, 0.25) is 0 Å². The van der Waals surface area contributed by atoms with Crippen LogP contribution in [0.15, 0.2) is 12.7 Å². The van der Waals surface area contributed by atoms with Crippen molar-refractivity contribution >= 4 is 11.9 Å². The summed E-state index contributed by atoms with van der Waals surface area (Å²) in [5.74, 6) is -0.881. The number of esters is 1. The molecule has 0 aliphatic carbocycles. The summed E-state index contributed by atoms with van der Waals surface area (Å²) in [7, 11) is 0. The molecule has 0 rings (SSSR count). The van der Waals surface area contributed by atoms with Crippen molar-refractivity contribution in [2.24, 2.45) is 11.7 Å². The van der Waals surface area contributed by atoms with E-state index in [1.54, 1.807) is 0 Å². The smallest absolute Gasteiger partial charge is 0.329 e. The minimum atomic E-state index is -0.652.